The van der Waals surface area contributed by atoms with E-state index in [1.54, 1.807) is 5.56 Å². The molecule has 0 aromatic heterocycles. The summed E-state index contributed by atoms with van der Waals surface area (Å²) in [6, 6.07) is 13.5. The third-order valence-corrected chi connectivity index (χ3v) is 5.45. The molecule has 2 aromatic rings. The minimum atomic E-state index is 0.165. The maximum absolute atomic E-state index is 6.17. The fourth-order valence-corrected chi connectivity index (χ4v) is 4.25. The second-order valence-electron chi connectivity index (χ2n) is 7.14. The molecule has 1 aliphatic rings. The number of anilines is 1. The Bertz CT molecular complexity index is 643. The topological polar surface area (TPSA) is 26.0 Å². The maximum atomic E-state index is 6.17. The number of fused-ring (bicyclic) bond motifs is 3. The lowest BCUT2D eigenvalue weighted by molar-refractivity contribution is 0.415. The van der Waals surface area contributed by atoms with Gasteiger partial charge in [0.15, 0.2) is 0 Å². The number of nitrogen functional groups attached to an aromatic ring is 1. The van der Waals surface area contributed by atoms with Crippen molar-refractivity contribution < 1.29 is 0 Å². The largest absolute Gasteiger partial charge is 0.399 e. The molecule has 0 saturated heterocycles. The van der Waals surface area contributed by atoms with Gasteiger partial charge in [-0.25, -0.2) is 0 Å². The van der Waals surface area contributed by atoms with Crippen LogP contribution in [0.4, 0.5) is 5.69 Å². The monoisotopic (exact) mass is 305 g/mol. The van der Waals surface area contributed by atoms with E-state index in [1.807, 2.05) is 0 Å². The standard InChI is InChI=1S/C21H28BN/c1-3-5-11-21(12-6-4-2)19-13-15(22)7-9-17(19)18-10-8-16(23)14-20(18)21/h7-10,13-14H,3-6,11-12,22-23H2,1-2H3. The predicted molar refractivity (Wildman–Crippen MR) is 104 cm³/mol. The molecule has 0 unspecified atom stereocenters. The molecule has 0 fully saturated rings. The van der Waals surface area contributed by atoms with Gasteiger partial charge in [-0.2, -0.15) is 0 Å². The van der Waals surface area contributed by atoms with Crippen molar-refractivity contribution in [2.75, 3.05) is 5.73 Å². The van der Waals surface area contributed by atoms with Gasteiger partial charge in [0.1, 0.15) is 7.85 Å². The van der Waals surface area contributed by atoms with Crippen LogP contribution in [0.25, 0.3) is 11.1 Å². The summed E-state index contributed by atoms with van der Waals surface area (Å²) >= 11 is 0. The van der Waals surface area contributed by atoms with Gasteiger partial charge in [0.05, 0.1) is 0 Å². The zero-order chi connectivity index (χ0) is 16.4. The number of benzene rings is 2. The molecule has 2 N–H and O–H groups in total. The molecule has 23 heavy (non-hydrogen) atoms. The fraction of sp³-hybridized carbons (Fsp3) is 0.429. The third kappa shape index (κ3) is 2.69. The summed E-state index contributed by atoms with van der Waals surface area (Å²) in [7, 11) is 2.21. The minimum absolute atomic E-state index is 0.165. The third-order valence-electron chi connectivity index (χ3n) is 5.45. The van der Waals surface area contributed by atoms with E-state index < -0.39 is 0 Å². The first-order valence-corrected chi connectivity index (χ1v) is 9.14. The molecule has 0 radical (unpaired) electrons. The summed E-state index contributed by atoms with van der Waals surface area (Å²) in [5.41, 5.74) is 14.4. The van der Waals surface area contributed by atoms with Crippen molar-refractivity contribution in [3.8, 4) is 11.1 Å². The van der Waals surface area contributed by atoms with Gasteiger partial charge in [0.2, 0.25) is 0 Å². The van der Waals surface area contributed by atoms with E-state index in [2.05, 4.69) is 58.1 Å². The molecule has 0 heterocycles. The summed E-state index contributed by atoms with van der Waals surface area (Å²) < 4.78 is 0. The second-order valence-corrected chi connectivity index (χ2v) is 7.14. The Kier molecular flexibility index (Phi) is 4.52. The number of hydrogen-bond donors (Lipinski definition) is 1. The predicted octanol–water partition coefficient (Wildman–Crippen LogP) is 4.17. The molecule has 1 aliphatic carbocycles. The molecule has 3 rings (SSSR count). The normalized spacial score (nSPS) is 14.5. The lowest BCUT2D eigenvalue weighted by Gasteiger charge is -2.33. The quantitative estimate of drug-likeness (QED) is 0.629. The van der Waals surface area contributed by atoms with Crippen LogP contribution in [-0.2, 0) is 5.41 Å². The van der Waals surface area contributed by atoms with Crippen LogP contribution in [0.3, 0.4) is 0 Å². The Morgan fingerprint density at radius 3 is 2.04 bits per heavy atom. The Balaban J connectivity index is 2.23. The van der Waals surface area contributed by atoms with E-state index in [9.17, 15) is 0 Å². The van der Waals surface area contributed by atoms with Crippen molar-refractivity contribution in [1.29, 1.82) is 0 Å². The van der Waals surface area contributed by atoms with Crippen LogP contribution in [0, 0.1) is 0 Å². The van der Waals surface area contributed by atoms with Crippen molar-refractivity contribution in [1.82, 2.24) is 0 Å². The Morgan fingerprint density at radius 2 is 1.43 bits per heavy atom. The summed E-state index contributed by atoms with van der Waals surface area (Å²) in [4.78, 5) is 0. The Morgan fingerprint density at radius 1 is 0.870 bits per heavy atom. The van der Waals surface area contributed by atoms with Gasteiger partial charge >= 0.3 is 0 Å². The van der Waals surface area contributed by atoms with Gasteiger partial charge < -0.3 is 5.73 Å². The first-order chi connectivity index (χ1) is 11.1. The number of nitrogens with two attached hydrogens (primary N) is 1. The first-order valence-electron chi connectivity index (χ1n) is 9.14. The zero-order valence-electron chi connectivity index (χ0n) is 14.8. The molecular formula is C21H28BN. The molecule has 120 valence electrons. The SMILES string of the molecule is Bc1ccc2c(c1)C(CCCC)(CCCC)c1cc(N)ccc1-2. The van der Waals surface area contributed by atoms with Gasteiger partial charge in [-0.05, 0) is 47.2 Å². The van der Waals surface area contributed by atoms with E-state index in [0.717, 1.165) is 5.69 Å². The van der Waals surface area contributed by atoms with Gasteiger partial charge in [0, 0.05) is 11.1 Å². The van der Waals surface area contributed by atoms with Crippen molar-refractivity contribution in [3.05, 3.63) is 47.5 Å². The molecule has 0 bridgehead atoms. The minimum Gasteiger partial charge on any atom is -0.399 e. The zero-order valence-corrected chi connectivity index (χ0v) is 14.8. The van der Waals surface area contributed by atoms with E-state index in [4.69, 9.17) is 5.73 Å². The first kappa shape index (κ1) is 16.2. The Hall–Kier alpha value is -1.70. The highest BCUT2D eigenvalue weighted by Gasteiger charge is 2.42. The van der Waals surface area contributed by atoms with Crippen LogP contribution in [0.15, 0.2) is 36.4 Å². The molecular weight excluding hydrogens is 277 g/mol. The molecule has 0 atom stereocenters. The van der Waals surface area contributed by atoms with Crippen molar-refractivity contribution >= 4 is 19.0 Å². The lowest BCUT2D eigenvalue weighted by atomic mass is 9.70. The van der Waals surface area contributed by atoms with Crippen LogP contribution in [0.5, 0.6) is 0 Å². The van der Waals surface area contributed by atoms with Gasteiger partial charge in [-0.3, -0.25) is 0 Å². The van der Waals surface area contributed by atoms with Crippen LogP contribution >= 0.6 is 0 Å². The lowest BCUT2D eigenvalue weighted by Crippen LogP contribution is -2.26. The molecule has 0 spiro atoms. The molecule has 2 heteroatoms. The van der Waals surface area contributed by atoms with Crippen LogP contribution < -0.4 is 11.2 Å². The van der Waals surface area contributed by atoms with Crippen LogP contribution in [0.2, 0.25) is 0 Å². The molecule has 0 aliphatic heterocycles. The number of unbranched alkanes of at least 4 members (excludes halogenated alkanes) is 2. The summed E-state index contributed by atoms with van der Waals surface area (Å²) in [5, 5.41) is 0. The van der Waals surface area contributed by atoms with Gasteiger partial charge in [-0.15, -0.1) is 0 Å². The second kappa shape index (κ2) is 6.43. The van der Waals surface area contributed by atoms with Crippen molar-refractivity contribution in [2.24, 2.45) is 0 Å². The summed E-state index contributed by atoms with van der Waals surface area (Å²) in [6.45, 7) is 4.58. The van der Waals surface area contributed by atoms with E-state index in [-0.39, 0.29) is 5.41 Å². The average Bonchev–Trinajstić information content (AvgIpc) is 2.80. The van der Waals surface area contributed by atoms with Gasteiger partial charge in [0.25, 0.3) is 0 Å². The highest BCUT2D eigenvalue weighted by molar-refractivity contribution is 6.32. The van der Waals surface area contributed by atoms with E-state index in [1.165, 1.54) is 60.7 Å². The smallest absolute Gasteiger partial charge is 0.139 e. The van der Waals surface area contributed by atoms with Crippen molar-refractivity contribution in [3.63, 3.8) is 0 Å². The maximum Gasteiger partial charge on any atom is 0.139 e. The fourth-order valence-electron chi connectivity index (χ4n) is 4.25. The van der Waals surface area contributed by atoms with Gasteiger partial charge in [-0.1, -0.05) is 69.3 Å². The van der Waals surface area contributed by atoms with Crippen LogP contribution in [0.1, 0.15) is 63.5 Å². The highest BCUT2D eigenvalue weighted by Crippen LogP contribution is 2.54. The molecule has 0 saturated carbocycles. The average molecular weight is 305 g/mol. The molecule has 1 nitrogen and oxygen atoms in total. The highest BCUT2D eigenvalue weighted by atomic mass is 14.6. The summed E-state index contributed by atoms with van der Waals surface area (Å²) in [5.74, 6) is 0. The van der Waals surface area contributed by atoms with Crippen molar-refractivity contribution in [2.45, 2.75) is 57.8 Å². The Labute approximate surface area is 141 Å². The molecule has 0 amide bonds. The van der Waals surface area contributed by atoms with Crippen LogP contribution in [-0.4, -0.2) is 7.85 Å². The molecule has 2 aromatic carbocycles. The van der Waals surface area contributed by atoms with E-state index in [0.29, 0.717) is 0 Å². The number of rotatable bonds is 6. The number of hydrogen-bond acceptors (Lipinski definition) is 1. The van der Waals surface area contributed by atoms with E-state index >= 15 is 0 Å². The summed E-state index contributed by atoms with van der Waals surface area (Å²) in [6.07, 6.45) is 7.49.